The lowest BCUT2D eigenvalue weighted by Crippen LogP contribution is -1.99. The van der Waals surface area contributed by atoms with E-state index in [2.05, 4.69) is 291 Å². The van der Waals surface area contributed by atoms with Crippen molar-refractivity contribution in [1.29, 1.82) is 0 Å². The van der Waals surface area contributed by atoms with Crippen LogP contribution in [0.3, 0.4) is 0 Å². The largest absolute Gasteiger partial charge is 0.455 e. The van der Waals surface area contributed by atoms with E-state index in [0.29, 0.717) is 0 Å². The molecule has 6 heteroatoms. The van der Waals surface area contributed by atoms with Crippen molar-refractivity contribution in [3.63, 3.8) is 0 Å². The van der Waals surface area contributed by atoms with Crippen molar-refractivity contribution in [1.82, 2.24) is 18.3 Å². The first kappa shape index (κ1) is 45.4. The fraction of sp³-hybridized carbons (Fsp3) is 0. The van der Waals surface area contributed by atoms with Gasteiger partial charge in [0.15, 0.2) is 5.58 Å². The first-order chi connectivity index (χ1) is 41.7. The maximum absolute atomic E-state index is 6.97. The highest BCUT2D eigenvalue weighted by molar-refractivity contribution is 6.25. The van der Waals surface area contributed by atoms with E-state index >= 15 is 0 Å². The second kappa shape index (κ2) is 17.1. The number of furan rings is 2. The highest BCUT2D eigenvalue weighted by Crippen LogP contribution is 2.46. The first-order valence-corrected chi connectivity index (χ1v) is 28.7. The van der Waals surface area contributed by atoms with Gasteiger partial charge in [0.25, 0.3) is 0 Å². The number of rotatable bonds is 6. The van der Waals surface area contributed by atoms with Gasteiger partial charge in [0.2, 0.25) is 0 Å². The second-order valence-corrected chi connectivity index (χ2v) is 22.3. The third-order valence-electron chi connectivity index (χ3n) is 17.9. The van der Waals surface area contributed by atoms with Gasteiger partial charge in [-0.25, -0.2) is 0 Å². The van der Waals surface area contributed by atoms with Gasteiger partial charge in [0.05, 0.1) is 49.5 Å². The summed E-state index contributed by atoms with van der Waals surface area (Å²) in [4.78, 5) is 0. The summed E-state index contributed by atoms with van der Waals surface area (Å²) in [5.74, 6) is 0. The zero-order chi connectivity index (χ0) is 54.7. The predicted octanol–water partition coefficient (Wildman–Crippen LogP) is 21.2. The van der Waals surface area contributed by atoms with Crippen LogP contribution in [-0.4, -0.2) is 18.3 Å². The molecule has 0 unspecified atom stereocenters. The van der Waals surface area contributed by atoms with Gasteiger partial charge in [-0.1, -0.05) is 164 Å². The lowest BCUT2D eigenvalue weighted by Gasteiger charge is -2.17. The maximum Gasteiger partial charge on any atom is 0.160 e. The Morgan fingerprint density at radius 2 is 0.643 bits per heavy atom. The van der Waals surface area contributed by atoms with E-state index in [0.717, 1.165) is 132 Å². The molecule has 390 valence electrons. The van der Waals surface area contributed by atoms with Gasteiger partial charge in [-0.2, -0.15) is 0 Å². The zero-order valence-electron chi connectivity index (χ0n) is 45.2. The number of nitrogens with zero attached hydrogens (tertiary/aromatic N) is 4. The molecular formula is C78H46N4O2. The van der Waals surface area contributed by atoms with Crippen molar-refractivity contribution < 1.29 is 8.83 Å². The molecule has 6 nitrogen and oxygen atoms in total. The van der Waals surface area contributed by atoms with E-state index < -0.39 is 0 Å². The van der Waals surface area contributed by atoms with E-state index in [1.54, 1.807) is 0 Å². The quantitative estimate of drug-likeness (QED) is 0.167. The summed E-state index contributed by atoms with van der Waals surface area (Å²) in [5.41, 5.74) is 21.3. The molecule has 0 spiro atoms. The Morgan fingerprint density at radius 3 is 1.27 bits per heavy atom. The fourth-order valence-corrected chi connectivity index (χ4v) is 14.4. The Labute approximate surface area is 479 Å². The van der Waals surface area contributed by atoms with Gasteiger partial charge in [0, 0.05) is 82.0 Å². The summed E-state index contributed by atoms with van der Waals surface area (Å²) in [7, 11) is 0. The minimum atomic E-state index is 0.867. The van der Waals surface area contributed by atoms with Crippen LogP contribution in [0.4, 0.5) is 0 Å². The molecule has 0 aliphatic carbocycles. The number of aromatic nitrogens is 4. The van der Waals surface area contributed by atoms with Crippen molar-refractivity contribution in [3.8, 4) is 45.0 Å². The molecule has 19 rings (SSSR count). The number of hydrogen-bond acceptors (Lipinski definition) is 2. The average molecular weight is 1070 g/mol. The van der Waals surface area contributed by atoms with Crippen LogP contribution in [0.5, 0.6) is 0 Å². The van der Waals surface area contributed by atoms with Crippen LogP contribution in [0.25, 0.3) is 176 Å². The van der Waals surface area contributed by atoms with E-state index in [-0.39, 0.29) is 0 Å². The Bertz CT molecular complexity index is 5910. The SMILES string of the molecule is c1cc(-c2cc(-n3c4ccccc4c4c5oc6ccccc6c5ccc43)ccc2-c2ccc3c(c2)c2ccc4c5ccccc5oc4c2n3-c2cccc(-n3c4ccccc4c4ccccc43)c2)cc(-n2c3ccccc3c3ccccc32)c1. The molecule has 0 fully saturated rings. The predicted molar refractivity (Wildman–Crippen MR) is 349 cm³/mol. The molecule has 19 aromatic rings. The Balaban J connectivity index is 0.863. The Kier molecular flexibility index (Phi) is 9.24. The van der Waals surface area contributed by atoms with Gasteiger partial charge in [0.1, 0.15) is 16.7 Å². The molecule has 0 bridgehead atoms. The molecule has 0 aliphatic heterocycles. The summed E-state index contributed by atoms with van der Waals surface area (Å²) >= 11 is 0. The third kappa shape index (κ3) is 6.28. The monoisotopic (exact) mass is 1070 g/mol. The van der Waals surface area contributed by atoms with Gasteiger partial charge >= 0.3 is 0 Å². The van der Waals surface area contributed by atoms with Crippen LogP contribution in [0.2, 0.25) is 0 Å². The molecule has 0 radical (unpaired) electrons. The third-order valence-corrected chi connectivity index (χ3v) is 17.9. The molecule has 13 aromatic carbocycles. The summed E-state index contributed by atoms with van der Waals surface area (Å²) in [6, 6.07) is 102. The van der Waals surface area contributed by atoms with Gasteiger partial charge in [-0.05, 0) is 138 Å². The number of benzene rings is 13. The van der Waals surface area contributed by atoms with Gasteiger partial charge < -0.3 is 27.1 Å². The smallest absolute Gasteiger partial charge is 0.160 e. The van der Waals surface area contributed by atoms with Crippen LogP contribution < -0.4 is 0 Å². The summed E-state index contributed by atoms with van der Waals surface area (Å²) < 4.78 is 23.4. The minimum Gasteiger partial charge on any atom is -0.455 e. The van der Waals surface area contributed by atoms with Crippen LogP contribution >= 0.6 is 0 Å². The average Bonchev–Trinajstić information content (AvgIpc) is 3.98. The zero-order valence-corrected chi connectivity index (χ0v) is 45.2. The lowest BCUT2D eigenvalue weighted by atomic mass is 9.92. The topological polar surface area (TPSA) is 46.0 Å². The number of hydrogen-bond donors (Lipinski definition) is 0. The van der Waals surface area contributed by atoms with Crippen LogP contribution in [0.1, 0.15) is 0 Å². The van der Waals surface area contributed by atoms with E-state index in [9.17, 15) is 0 Å². The van der Waals surface area contributed by atoms with Crippen molar-refractivity contribution in [2.24, 2.45) is 0 Å². The molecule has 6 heterocycles. The first-order valence-electron chi connectivity index (χ1n) is 28.7. The van der Waals surface area contributed by atoms with E-state index in [1.807, 2.05) is 6.07 Å². The molecule has 0 atom stereocenters. The molecule has 84 heavy (non-hydrogen) atoms. The molecular weight excluding hydrogens is 1020 g/mol. The summed E-state index contributed by atoms with van der Waals surface area (Å²) in [6.07, 6.45) is 0. The van der Waals surface area contributed by atoms with Crippen molar-refractivity contribution in [2.45, 2.75) is 0 Å². The van der Waals surface area contributed by atoms with E-state index in [4.69, 9.17) is 8.83 Å². The number of para-hydroxylation sites is 7. The maximum atomic E-state index is 6.97. The fourth-order valence-electron chi connectivity index (χ4n) is 14.4. The lowest BCUT2D eigenvalue weighted by molar-refractivity contribution is 0.671. The van der Waals surface area contributed by atoms with Gasteiger partial charge in [-0.15, -0.1) is 0 Å². The molecule has 0 N–H and O–H groups in total. The highest BCUT2D eigenvalue weighted by atomic mass is 16.3. The number of fused-ring (bicyclic) bond motifs is 20. The summed E-state index contributed by atoms with van der Waals surface area (Å²) in [6.45, 7) is 0. The van der Waals surface area contributed by atoms with Crippen molar-refractivity contribution >= 4 is 131 Å². The minimum absolute atomic E-state index is 0.867. The summed E-state index contributed by atoms with van der Waals surface area (Å²) in [5, 5.41) is 13.9. The van der Waals surface area contributed by atoms with Gasteiger partial charge in [-0.3, -0.25) is 0 Å². The normalized spacial score (nSPS) is 12.3. The second-order valence-electron chi connectivity index (χ2n) is 22.3. The molecule has 6 aromatic heterocycles. The highest BCUT2D eigenvalue weighted by Gasteiger charge is 2.24. The van der Waals surface area contributed by atoms with Crippen LogP contribution in [-0.2, 0) is 0 Å². The Hall–Kier alpha value is -11.3. The molecule has 0 amide bonds. The molecule has 0 saturated carbocycles. The van der Waals surface area contributed by atoms with Crippen LogP contribution in [0, 0.1) is 0 Å². The van der Waals surface area contributed by atoms with Crippen molar-refractivity contribution in [3.05, 3.63) is 279 Å². The standard InChI is InChI=1S/C78H46N4O2/c1-8-28-66-54(21-1)55-22-2-9-29-67(55)79(66)49-18-15-17-47(43-49)64-46-52(81-70-32-12-5-27-63(70)75-72(81)42-40-61-58-25-6-13-33-73(58)83-77(61)75)36-37-53(64)48-35-41-71-65(44-48)60-38-39-62-59-26-7-14-34-74(59)84-78(62)76(60)82(71)51-20-16-19-50(45-51)80-68-30-10-3-23-56(68)57-24-4-11-31-69(57)80/h1-46H. The van der Waals surface area contributed by atoms with Crippen molar-refractivity contribution in [2.75, 3.05) is 0 Å². The Morgan fingerprint density at radius 1 is 0.214 bits per heavy atom. The van der Waals surface area contributed by atoms with Crippen LogP contribution in [0.15, 0.2) is 288 Å². The molecule has 0 aliphatic rings. The van der Waals surface area contributed by atoms with E-state index in [1.165, 1.54) is 43.6 Å². The molecule has 0 saturated heterocycles.